The van der Waals surface area contributed by atoms with Crippen molar-refractivity contribution in [2.45, 2.75) is 30.2 Å². The Balaban J connectivity index is 2.02. The van der Waals surface area contributed by atoms with Crippen LogP contribution < -0.4 is 0 Å². The number of piperidine rings is 1. The molecule has 6 nitrogen and oxygen atoms in total. The van der Waals surface area contributed by atoms with Crippen molar-refractivity contribution in [2.24, 2.45) is 0 Å². The number of rotatable bonds is 3. The van der Waals surface area contributed by atoms with E-state index in [0.717, 1.165) is 25.0 Å². The van der Waals surface area contributed by atoms with E-state index in [-0.39, 0.29) is 9.92 Å². The number of aromatic nitrogens is 3. The highest BCUT2D eigenvalue weighted by Crippen LogP contribution is 2.35. The molecule has 22 heavy (non-hydrogen) atoms. The number of H-pyrrole nitrogens is 1. The Morgan fingerprint density at radius 2 is 2.18 bits per heavy atom. The van der Waals surface area contributed by atoms with Crippen molar-refractivity contribution in [2.75, 3.05) is 6.54 Å². The molecular formula is C13H14ClFN4O2S. The van der Waals surface area contributed by atoms with Gasteiger partial charge in [-0.2, -0.15) is 9.40 Å². The lowest BCUT2D eigenvalue weighted by atomic mass is 10.0. The molecule has 1 saturated heterocycles. The monoisotopic (exact) mass is 344 g/mol. The summed E-state index contributed by atoms with van der Waals surface area (Å²) in [6.45, 7) is 0.363. The highest BCUT2D eigenvalue weighted by molar-refractivity contribution is 7.89. The maximum Gasteiger partial charge on any atom is 0.245 e. The lowest BCUT2D eigenvalue weighted by Gasteiger charge is -2.33. The summed E-state index contributed by atoms with van der Waals surface area (Å²) in [7, 11) is -3.84. The van der Waals surface area contributed by atoms with Gasteiger partial charge in [0.2, 0.25) is 10.0 Å². The van der Waals surface area contributed by atoms with Gasteiger partial charge in [0.15, 0.2) is 0 Å². The smallest absolute Gasteiger partial charge is 0.245 e. The van der Waals surface area contributed by atoms with Gasteiger partial charge in [-0.05, 0) is 31.0 Å². The molecule has 0 saturated carbocycles. The quantitative estimate of drug-likeness (QED) is 0.927. The van der Waals surface area contributed by atoms with Gasteiger partial charge in [0.05, 0.1) is 11.1 Å². The Morgan fingerprint density at radius 1 is 1.36 bits per heavy atom. The molecule has 1 atom stereocenters. The number of halogens is 2. The second kappa shape index (κ2) is 5.94. The Kier molecular flexibility index (Phi) is 4.16. The number of nitrogens with one attached hydrogen (secondary N) is 1. The minimum absolute atomic E-state index is 0.0954. The topological polar surface area (TPSA) is 79.0 Å². The Hall–Kier alpha value is -1.51. The fourth-order valence-corrected chi connectivity index (χ4v) is 4.82. The van der Waals surface area contributed by atoms with E-state index in [2.05, 4.69) is 15.2 Å². The van der Waals surface area contributed by atoms with E-state index in [4.69, 9.17) is 11.6 Å². The van der Waals surface area contributed by atoms with Crippen LogP contribution in [-0.4, -0.2) is 34.4 Å². The molecule has 118 valence electrons. The minimum atomic E-state index is -3.84. The van der Waals surface area contributed by atoms with Gasteiger partial charge in [0.1, 0.15) is 22.9 Å². The first kappa shape index (κ1) is 15.4. The molecule has 0 aliphatic carbocycles. The molecular weight excluding hydrogens is 331 g/mol. The fourth-order valence-electron chi connectivity index (χ4n) is 2.65. The van der Waals surface area contributed by atoms with Gasteiger partial charge in [0.25, 0.3) is 0 Å². The molecule has 0 amide bonds. The van der Waals surface area contributed by atoms with Gasteiger partial charge in [-0.3, -0.25) is 5.10 Å². The van der Waals surface area contributed by atoms with Gasteiger partial charge in [0, 0.05) is 6.54 Å². The van der Waals surface area contributed by atoms with E-state index in [1.165, 1.54) is 16.7 Å². The van der Waals surface area contributed by atoms with Gasteiger partial charge in [-0.25, -0.2) is 17.8 Å². The zero-order valence-electron chi connectivity index (χ0n) is 11.5. The molecule has 0 bridgehead atoms. The maximum absolute atomic E-state index is 13.2. The third-order valence-electron chi connectivity index (χ3n) is 3.68. The molecule has 1 fully saturated rings. The van der Waals surface area contributed by atoms with Crippen LogP contribution in [0.2, 0.25) is 5.02 Å². The first-order valence-electron chi connectivity index (χ1n) is 6.82. The van der Waals surface area contributed by atoms with Crippen molar-refractivity contribution in [3.8, 4) is 0 Å². The second-order valence-corrected chi connectivity index (χ2v) is 7.34. The van der Waals surface area contributed by atoms with Crippen LogP contribution in [0.15, 0.2) is 29.4 Å². The van der Waals surface area contributed by atoms with Gasteiger partial charge in [-0.15, -0.1) is 0 Å². The van der Waals surface area contributed by atoms with E-state index in [0.29, 0.717) is 18.8 Å². The van der Waals surface area contributed by atoms with Gasteiger partial charge < -0.3 is 0 Å². The standard InChI is InChI=1S/C13H14ClFN4O2S/c14-10-7-9(15)4-5-12(10)22(20,21)19-6-2-1-3-11(19)13-16-8-17-18-13/h4-5,7-8,11H,1-3,6H2,(H,16,17,18). The summed E-state index contributed by atoms with van der Waals surface area (Å²) in [5.41, 5.74) is 0. The zero-order chi connectivity index (χ0) is 15.7. The number of hydrogen-bond acceptors (Lipinski definition) is 4. The van der Waals surface area contributed by atoms with Crippen LogP contribution in [0.3, 0.4) is 0 Å². The first-order valence-corrected chi connectivity index (χ1v) is 8.64. The van der Waals surface area contributed by atoms with Crippen molar-refractivity contribution < 1.29 is 12.8 Å². The fraction of sp³-hybridized carbons (Fsp3) is 0.385. The molecule has 0 radical (unpaired) electrons. The van der Waals surface area contributed by atoms with E-state index in [1.54, 1.807) is 0 Å². The zero-order valence-corrected chi connectivity index (χ0v) is 13.1. The van der Waals surface area contributed by atoms with E-state index in [9.17, 15) is 12.8 Å². The third kappa shape index (κ3) is 2.73. The number of sulfonamides is 1. The average Bonchev–Trinajstić information content (AvgIpc) is 3.01. The number of aromatic amines is 1. The molecule has 1 N–H and O–H groups in total. The summed E-state index contributed by atoms with van der Waals surface area (Å²) >= 11 is 5.92. The number of benzene rings is 1. The molecule has 0 spiro atoms. The molecule has 3 rings (SSSR count). The Bertz CT molecular complexity index is 766. The molecule has 1 aliphatic heterocycles. The molecule has 9 heteroatoms. The Labute approximate surface area is 132 Å². The van der Waals surface area contributed by atoms with Crippen molar-refractivity contribution in [3.05, 3.63) is 41.2 Å². The lowest BCUT2D eigenvalue weighted by Crippen LogP contribution is -2.39. The van der Waals surface area contributed by atoms with Gasteiger partial charge >= 0.3 is 0 Å². The molecule has 1 aliphatic rings. The van der Waals surface area contributed by atoms with E-state index in [1.807, 2.05) is 0 Å². The number of nitrogens with zero attached hydrogens (tertiary/aromatic N) is 3. The van der Waals surface area contributed by atoms with Crippen LogP contribution >= 0.6 is 11.6 Å². The van der Waals surface area contributed by atoms with Crippen LogP contribution in [0, 0.1) is 5.82 Å². The Morgan fingerprint density at radius 3 is 2.86 bits per heavy atom. The van der Waals surface area contributed by atoms with Crippen LogP contribution in [0.4, 0.5) is 4.39 Å². The third-order valence-corrected chi connectivity index (χ3v) is 6.07. The molecule has 1 unspecified atom stereocenters. The van der Waals surface area contributed by atoms with Gasteiger partial charge in [-0.1, -0.05) is 18.0 Å². The van der Waals surface area contributed by atoms with Crippen LogP contribution in [-0.2, 0) is 10.0 Å². The van der Waals surface area contributed by atoms with E-state index < -0.39 is 21.9 Å². The molecule has 1 aromatic heterocycles. The maximum atomic E-state index is 13.2. The van der Waals surface area contributed by atoms with Crippen LogP contribution in [0.1, 0.15) is 31.1 Å². The predicted octanol–water partition coefficient (Wildman–Crippen LogP) is 2.51. The summed E-state index contributed by atoms with van der Waals surface area (Å²) in [6.07, 6.45) is 3.64. The molecule has 1 aromatic carbocycles. The van der Waals surface area contributed by atoms with Crippen molar-refractivity contribution >= 4 is 21.6 Å². The average molecular weight is 345 g/mol. The minimum Gasteiger partial charge on any atom is -0.262 e. The summed E-state index contributed by atoms with van der Waals surface area (Å²) in [5, 5.41) is 6.38. The van der Waals surface area contributed by atoms with Crippen molar-refractivity contribution in [3.63, 3.8) is 0 Å². The van der Waals surface area contributed by atoms with E-state index >= 15 is 0 Å². The second-order valence-electron chi connectivity index (χ2n) is 5.07. The molecule has 2 heterocycles. The highest BCUT2D eigenvalue weighted by atomic mass is 35.5. The summed E-state index contributed by atoms with van der Waals surface area (Å²) in [6, 6.07) is 2.87. The summed E-state index contributed by atoms with van der Waals surface area (Å²) < 4.78 is 40.3. The highest BCUT2D eigenvalue weighted by Gasteiger charge is 2.36. The van der Waals surface area contributed by atoms with Crippen LogP contribution in [0.25, 0.3) is 0 Å². The largest absolute Gasteiger partial charge is 0.262 e. The lowest BCUT2D eigenvalue weighted by molar-refractivity contribution is 0.247. The SMILES string of the molecule is O=S(=O)(c1ccc(F)cc1Cl)N1CCCCC1c1ncn[nH]1. The first-order chi connectivity index (χ1) is 10.5. The van der Waals surface area contributed by atoms with Crippen molar-refractivity contribution in [1.29, 1.82) is 0 Å². The summed E-state index contributed by atoms with van der Waals surface area (Å²) in [4.78, 5) is 3.97. The summed E-state index contributed by atoms with van der Waals surface area (Å²) in [5.74, 6) is -0.0733. The normalized spacial score (nSPS) is 20.2. The number of hydrogen-bond donors (Lipinski definition) is 1. The molecule has 2 aromatic rings. The predicted molar refractivity (Wildman–Crippen MR) is 78.3 cm³/mol. The van der Waals surface area contributed by atoms with Crippen LogP contribution in [0.5, 0.6) is 0 Å². The van der Waals surface area contributed by atoms with Crippen molar-refractivity contribution in [1.82, 2.24) is 19.5 Å².